The number of ketones is 1. The number of methoxy groups -OCH3 is 2. The van der Waals surface area contributed by atoms with Crippen LogP contribution in [0.4, 0.5) is 0 Å². The van der Waals surface area contributed by atoms with E-state index in [4.69, 9.17) is 28.4 Å². The van der Waals surface area contributed by atoms with E-state index in [9.17, 15) is 4.79 Å². The van der Waals surface area contributed by atoms with Crippen LogP contribution in [0.3, 0.4) is 0 Å². The molecule has 0 aromatic heterocycles. The van der Waals surface area contributed by atoms with Crippen LogP contribution in [0.2, 0.25) is 0 Å². The van der Waals surface area contributed by atoms with E-state index >= 15 is 0 Å². The summed E-state index contributed by atoms with van der Waals surface area (Å²) in [5.74, 6) is -0.864. The van der Waals surface area contributed by atoms with Gasteiger partial charge in [-0.15, -0.1) is 18.3 Å². The smallest absolute Gasteiger partial charge is 0.165 e. The van der Waals surface area contributed by atoms with Gasteiger partial charge in [0.05, 0.1) is 20.3 Å². The molecule has 1 heterocycles. The van der Waals surface area contributed by atoms with E-state index < -0.39 is 29.5 Å². The van der Waals surface area contributed by atoms with Gasteiger partial charge in [0.2, 0.25) is 0 Å². The number of hydrogen-bond donors (Lipinski definition) is 0. The van der Waals surface area contributed by atoms with Gasteiger partial charge in [-0.05, 0) is 61.9 Å². The Bertz CT molecular complexity index is 1370. The third-order valence-electron chi connectivity index (χ3n) is 10.1. The van der Waals surface area contributed by atoms with Crippen LogP contribution in [0.1, 0.15) is 53.0 Å². The third kappa shape index (κ3) is 7.03. The highest BCUT2D eigenvalue weighted by Gasteiger charge is 2.61. The summed E-state index contributed by atoms with van der Waals surface area (Å²) in [7, 11) is 3.25. The summed E-state index contributed by atoms with van der Waals surface area (Å²) in [6, 6.07) is 18.2. The van der Waals surface area contributed by atoms with Crippen LogP contribution in [0.15, 0.2) is 83.8 Å². The van der Waals surface area contributed by atoms with Gasteiger partial charge in [0, 0.05) is 35.0 Å². The van der Waals surface area contributed by atoms with E-state index in [2.05, 4.69) is 50.8 Å². The molecule has 1 saturated heterocycles. The van der Waals surface area contributed by atoms with Gasteiger partial charge in [0.15, 0.2) is 11.6 Å². The van der Waals surface area contributed by atoms with Crippen molar-refractivity contribution < 1.29 is 33.2 Å². The Hall–Kier alpha value is -2.46. The summed E-state index contributed by atoms with van der Waals surface area (Å²) in [6.07, 6.45) is 4.82. The number of rotatable bonds is 12. The lowest BCUT2D eigenvalue weighted by Gasteiger charge is -2.46. The van der Waals surface area contributed by atoms with E-state index in [1.807, 2.05) is 57.2 Å². The topological polar surface area (TPSA) is 72.5 Å². The molecular formula is C38H50O7S. The average Bonchev–Trinajstić information content (AvgIpc) is 3.52. The normalized spacial score (nSPS) is 32.1. The first-order valence-corrected chi connectivity index (χ1v) is 17.1. The van der Waals surface area contributed by atoms with Crippen molar-refractivity contribution in [1.82, 2.24) is 0 Å². The van der Waals surface area contributed by atoms with Crippen LogP contribution in [0.25, 0.3) is 0 Å². The second-order valence-electron chi connectivity index (χ2n) is 13.7. The highest BCUT2D eigenvalue weighted by Crippen LogP contribution is 2.55. The maximum Gasteiger partial charge on any atom is 0.165 e. The van der Waals surface area contributed by atoms with Crippen LogP contribution in [0, 0.1) is 23.2 Å². The first kappa shape index (κ1) is 34.9. The lowest BCUT2D eigenvalue weighted by atomic mass is 9.70. The van der Waals surface area contributed by atoms with Crippen LogP contribution in [-0.4, -0.2) is 62.2 Å². The van der Waals surface area contributed by atoms with Crippen molar-refractivity contribution >= 4 is 17.5 Å². The molecule has 250 valence electrons. The van der Waals surface area contributed by atoms with Gasteiger partial charge in [-0.2, -0.15) is 0 Å². The molecule has 0 spiro atoms. The minimum absolute atomic E-state index is 0.0274. The summed E-state index contributed by atoms with van der Waals surface area (Å²) in [4.78, 5) is 16.0. The Morgan fingerprint density at radius 1 is 1.07 bits per heavy atom. The molecule has 2 fully saturated rings. The largest absolute Gasteiger partial charge is 0.497 e. The number of carbonyl (C=O) groups is 1. The van der Waals surface area contributed by atoms with E-state index in [1.54, 1.807) is 26.0 Å². The van der Waals surface area contributed by atoms with Crippen molar-refractivity contribution in [3.8, 4) is 5.75 Å². The Kier molecular flexibility index (Phi) is 10.9. The third-order valence-corrected chi connectivity index (χ3v) is 11.4. The van der Waals surface area contributed by atoms with Crippen LogP contribution in [0.5, 0.6) is 5.75 Å². The summed E-state index contributed by atoms with van der Waals surface area (Å²) >= 11 is 1.77. The molecule has 2 aliphatic carbocycles. The molecule has 2 aromatic rings. The van der Waals surface area contributed by atoms with Gasteiger partial charge in [0.1, 0.15) is 30.4 Å². The van der Waals surface area contributed by atoms with Gasteiger partial charge < -0.3 is 28.4 Å². The zero-order chi connectivity index (χ0) is 33.1. The zero-order valence-electron chi connectivity index (χ0n) is 28.3. The Labute approximate surface area is 279 Å². The molecule has 1 aliphatic heterocycles. The Morgan fingerprint density at radius 3 is 2.39 bits per heavy atom. The SMILES string of the molecule is C=C[C@@H](OCc1ccc(OC)cc1)[C@]1([C@@H]2[C@H](C)C(=O)[C@H](OCOC)[C@H]3CC/C(=C/[C@H]2Sc2ccccc2)C3(C)C)COC(C)(C)O1. The van der Waals surface area contributed by atoms with Crippen molar-refractivity contribution in [2.45, 2.75) is 87.8 Å². The zero-order valence-corrected chi connectivity index (χ0v) is 29.1. The van der Waals surface area contributed by atoms with Crippen molar-refractivity contribution in [3.05, 3.63) is 84.5 Å². The molecule has 2 bridgehead atoms. The number of hydrogen-bond acceptors (Lipinski definition) is 8. The molecule has 0 radical (unpaired) electrons. The molecule has 7 atom stereocenters. The van der Waals surface area contributed by atoms with E-state index in [1.165, 1.54) is 5.57 Å². The average molecular weight is 651 g/mol. The fraction of sp³-hybridized carbons (Fsp3) is 0.553. The van der Waals surface area contributed by atoms with Crippen molar-refractivity contribution in [2.24, 2.45) is 23.2 Å². The van der Waals surface area contributed by atoms with Crippen molar-refractivity contribution in [2.75, 3.05) is 27.6 Å². The van der Waals surface area contributed by atoms with Crippen molar-refractivity contribution in [3.63, 3.8) is 0 Å². The molecule has 5 rings (SSSR count). The number of ether oxygens (including phenoxy) is 6. The molecule has 0 N–H and O–H groups in total. The van der Waals surface area contributed by atoms with Gasteiger partial charge in [0.25, 0.3) is 0 Å². The summed E-state index contributed by atoms with van der Waals surface area (Å²) in [5, 5.41) is -0.139. The van der Waals surface area contributed by atoms with Gasteiger partial charge >= 0.3 is 0 Å². The number of carbonyl (C=O) groups excluding carboxylic acids is 1. The number of Topliss-reactive ketones (excluding diaryl/α,β-unsaturated/α-hetero) is 1. The van der Waals surface area contributed by atoms with Crippen LogP contribution >= 0.6 is 11.8 Å². The van der Waals surface area contributed by atoms with E-state index in [0.29, 0.717) is 6.61 Å². The lowest BCUT2D eigenvalue weighted by molar-refractivity contribution is -0.208. The second-order valence-corrected chi connectivity index (χ2v) is 15.0. The predicted molar refractivity (Wildman–Crippen MR) is 181 cm³/mol. The van der Waals surface area contributed by atoms with Gasteiger partial charge in [-0.1, -0.05) is 68.8 Å². The molecule has 0 amide bonds. The second kappa shape index (κ2) is 14.3. The monoisotopic (exact) mass is 650 g/mol. The summed E-state index contributed by atoms with van der Waals surface area (Å²) < 4.78 is 37.1. The highest BCUT2D eigenvalue weighted by atomic mass is 32.2. The molecule has 8 heteroatoms. The fourth-order valence-electron chi connectivity index (χ4n) is 7.70. The molecule has 46 heavy (non-hydrogen) atoms. The molecule has 7 nitrogen and oxygen atoms in total. The summed E-state index contributed by atoms with van der Waals surface area (Å²) in [5.41, 5.74) is 1.06. The van der Waals surface area contributed by atoms with Gasteiger partial charge in [-0.25, -0.2) is 0 Å². The maximum absolute atomic E-state index is 14.9. The Morgan fingerprint density at radius 2 is 1.78 bits per heavy atom. The molecule has 2 aromatic carbocycles. The molecule has 3 aliphatic rings. The molecular weight excluding hydrogens is 600 g/mol. The van der Waals surface area contributed by atoms with Crippen LogP contribution < -0.4 is 4.74 Å². The number of allylic oxidation sites excluding steroid dienone is 1. The fourth-order valence-corrected chi connectivity index (χ4v) is 9.17. The number of thioether (sulfide) groups is 1. The van der Waals surface area contributed by atoms with Crippen LogP contribution in [-0.2, 0) is 35.1 Å². The predicted octanol–water partition coefficient (Wildman–Crippen LogP) is 7.64. The first-order valence-electron chi connectivity index (χ1n) is 16.2. The maximum atomic E-state index is 14.9. The minimum Gasteiger partial charge on any atom is -0.497 e. The van der Waals surface area contributed by atoms with E-state index in [0.717, 1.165) is 29.1 Å². The first-order chi connectivity index (χ1) is 22.0. The van der Waals surface area contributed by atoms with Crippen molar-refractivity contribution in [1.29, 1.82) is 0 Å². The lowest BCUT2D eigenvalue weighted by Crippen LogP contribution is -2.59. The molecule has 0 unspecified atom stereocenters. The summed E-state index contributed by atoms with van der Waals surface area (Å²) in [6.45, 7) is 15.2. The quantitative estimate of drug-likeness (QED) is 0.172. The number of benzene rings is 2. The standard InChI is InChI=1S/C38H50O7S/c1-9-32(42-22-26-15-18-28(41-8)19-16-26)38(23-44-37(5,6)45-38)33-25(2)34(39)35(43-24-40-7)30-20-17-27(36(30,3)4)21-31(33)46-29-13-11-10-12-14-29/h9-16,18-19,21,25,30-33,35H,1,17,20,22-24H2,2-8H3/b27-21-/t25-,30+,31+,32+,33+,35+,38-/m0/s1. The minimum atomic E-state index is -1.03. The Balaban J connectivity index is 1.64. The number of fused-ring (bicyclic) bond motifs is 2. The highest BCUT2D eigenvalue weighted by molar-refractivity contribution is 8.00. The van der Waals surface area contributed by atoms with E-state index in [-0.39, 0.29) is 41.7 Å². The van der Waals surface area contributed by atoms with Gasteiger partial charge in [-0.3, -0.25) is 4.79 Å². The molecule has 1 saturated carbocycles.